The second-order valence-electron chi connectivity index (χ2n) is 4.46. The zero-order chi connectivity index (χ0) is 14.2. The molecule has 0 radical (unpaired) electrons. The number of halogens is 2. The van der Waals surface area contributed by atoms with Crippen molar-refractivity contribution in [3.8, 4) is 5.82 Å². The molecule has 0 spiro atoms. The third kappa shape index (κ3) is 6.43. The van der Waals surface area contributed by atoms with E-state index in [0.29, 0.717) is 13.0 Å². The van der Waals surface area contributed by atoms with E-state index in [9.17, 15) is 4.79 Å². The molecule has 22 heavy (non-hydrogen) atoms. The standard InChI is InChI=1S/C14H19N5O.2ClH/c1-15-6-2-4-14(20)17-11-12-5-8-16-13(10-12)19-9-3-7-18-19;;/h3,5,7-10,15H,2,4,6,11H2,1H3,(H,17,20);2*1H. The van der Waals surface area contributed by atoms with Crippen LogP contribution in [0.25, 0.3) is 5.82 Å². The molecule has 0 fully saturated rings. The van der Waals surface area contributed by atoms with E-state index in [1.807, 2.05) is 31.4 Å². The highest BCUT2D eigenvalue weighted by molar-refractivity contribution is 5.85. The number of carbonyl (C=O) groups is 1. The fraction of sp³-hybridized carbons (Fsp3) is 0.357. The molecule has 0 unspecified atom stereocenters. The van der Waals surface area contributed by atoms with E-state index < -0.39 is 0 Å². The number of aromatic nitrogens is 3. The highest BCUT2D eigenvalue weighted by Crippen LogP contribution is 2.06. The highest BCUT2D eigenvalue weighted by Gasteiger charge is 2.03. The Kier molecular flexibility index (Phi) is 10.2. The maximum atomic E-state index is 11.6. The molecule has 0 aliphatic heterocycles. The number of pyridine rings is 1. The first kappa shape index (κ1) is 20.4. The van der Waals surface area contributed by atoms with Gasteiger partial charge in [0.05, 0.1) is 0 Å². The molecule has 122 valence electrons. The summed E-state index contributed by atoms with van der Waals surface area (Å²) in [5.74, 6) is 0.814. The van der Waals surface area contributed by atoms with E-state index >= 15 is 0 Å². The fourth-order valence-electron chi connectivity index (χ4n) is 1.81. The van der Waals surface area contributed by atoms with Gasteiger partial charge < -0.3 is 10.6 Å². The maximum absolute atomic E-state index is 11.6. The molecule has 2 aromatic rings. The molecule has 8 heteroatoms. The molecule has 0 saturated carbocycles. The Bertz CT molecular complexity index is 548. The van der Waals surface area contributed by atoms with Gasteiger partial charge >= 0.3 is 0 Å². The lowest BCUT2D eigenvalue weighted by Gasteiger charge is -2.07. The normalized spacial score (nSPS) is 9.50. The lowest BCUT2D eigenvalue weighted by Crippen LogP contribution is -2.23. The first-order chi connectivity index (χ1) is 9.79. The summed E-state index contributed by atoms with van der Waals surface area (Å²) in [4.78, 5) is 15.9. The maximum Gasteiger partial charge on any atom is 0.220 e. The van der Waals surface area contributed by atoms with Gasteiger partial charge in [0, 0.05) is 31.6 Å². The van der Waals surface area contributed by atoms with Crippen LogP contribution < -0.4 is 10.6 Å². The van der Waals surface area contributed by atoms with Crippen molar-refractivity contribution in [1.82, 2.24) is 25.4 Å². The van der Waals surface area contributed by atoms with Crippen LogP contribution >= 0.6 is 24.8 Å². The van der Waals surface area contributed by atoms with Crippen molar-refractivity contribution in [3.63, 3.8) is 0 Å². The summed E-state index contributed by atoms with van der Waals surface area (Å²) in [6.45, 7) is 1.36. The van der Waals surface area contributed by atoms with Crippen LogP contribution in [0.1, 0.15) is 18.4 Å². The van der Waals surface area contributed by atoms with Crippen LogP contribution in [0.3, 0.4) is 0 Å². The largest absolute Gasteiger partial charge is 0.352 e. The van der Waals surface area contributed by atoms with Crippen molar-refractivity contribution in [2.45, 2.75) is 19.4 Å². The quantitative estimate of drug-likeness (QED) is 0.749. The molecule has 0 aromatic carbocycles. The molecule has 1 amide bonds. The Balaban J connectivity index is 0.00000220. The summed E-state index contributed by atoms with van der Waals surface area (Å²) in [6.07, 6.45) is 6.65. The van der Waals surface area contributed by atoms with Crippen LogP contribution in [-0.4, -0.2) is 34.3 Å². The van der Waals surface area contributed by atoms with E-state index in [4.69, 9.17) is 0 Å². The Morgan fingerprint density at radius 3 is 2.82 bits per heavy atom. The van der Waals surface area contributed by atoms with Crippen molar-refractivity contribution in [3.05, 3.63) is 42.4 Å². The highest BCUT2D eigenvalue weighted by atomic mass is 35.5. The summed E-state index contributed by atoms with van der Waals surface area (Å²) < 4.78 is 1.69. The molecule has 0 saturated heterocycles. The number of hydrogen-bond acceptors (Lipinski definition) is 4. The minimum atomic E-state index is 0. The lowest BCUT2D eigenvalue weighted by atomic mass is 10.2. The van der Waals surface area contributed by atoms with Crippen LogP contribution in [0.15, 0.2) is 36.8 Å². The Morgan fingerprint density at radius 1 is 1.32 bits per heavy atom. The van der Waals surface area contributed by atoms with E-state index in [0.717, 1.165) is 24.3 Å². The summed E-state index contributed by atoms with van der Waals surface area (Å²) >= 11 is 0. The number of carbonyl (C=O) groups excluding carboxylic acids is 1. The third-order valence-corrected chi connectivity index (χ3v) is 2.87. The predicted molar refractivity (Wildman–Crippen MR) is 90.9 cm³/mol. The van der Waals surface area contributed by atoms with Gasteiger partial charge in [-0.15, -0.1) is 24.8 Å². The van der Waals surface area contributed by atoms with Crippen molar-refractivity contribution in [1.29, 1.82) is 0 Å². The number of hydrogen-bond donors (Lipinski definition) is 2. The van der Waals surface area contributed by atoms with Crippen molar-refractivity contribution in [2.24, 2.45) is 0 Å². The van der Waals surface area contributed by atoms with Gasteiger partial charge in [-0.3, -0.25) is 4.79 Å². The average Bonchev–Trinajstić information content (AvgIpc) is 3.00. The van der Waals surface area contributed by atoms with Crippen molar-refractivity contribution < 1.29 is 4.79 Å². The topological polar surface area (TPSA) is 71.8 Å². The zero-order valence-corrected chi connectivity index (χ0v) is 14.0. The second kappa shape index (κ2) is 11.0. The molecule has 2 rings (SSSR count). The molecular weight excluding hydrogens is 325 g/mol. The van der Waals surface area contributed by atoms with Gasteiger partial charge in [0.15, 0.2) is 5.82 Å². The molecule has 0 aliphatic rings. The van der Waals surface area contributed by atoms with Crippen LogP contribution in [0, 0.1) is 0 Å². The van der Waals surface area contributed by atoms with E-state index in [1.165, 1.54) is 0 Å². The van der Waals surface area contributed by atoms with Crippen molar-refractivity contribution in [2.75, 3.05) is 13.6 Å². The SMILES string of the molecule is CNCCCC(=O)NCc1ccnc(-n2cccn2)c1.Cl.Cl. The lowest BCUT2D eigenvalue weighted by molar-refractivity contribution is -0.121. The second-order valence-corrected chi connectivity index (χ2v) is 4.46. The van der Waals surface area contributed by atoms with Gasteiger partial charge in [0.2, 0.25) is 5.91 Å². The fourth-order valence-corrected chi connectivity index (χ4v) is 1.81. The summed E-state index contributed by atoms with van der Waals surface area (Å²) in [7, 11) is 1.88. The van der Waals surface area contributed by atoms with Gasteiger partial charge in [-0.1, -0.05) is 0 Å². The van der Waals surface area contributed by atoms with E-state index in [-0.39, 0.29) is 30.7 Å². The molecule has 2 heterocycles. The summed E-state index contributed by atoms with van der Waals surface area (Å²) in [6, 6.07) is 5.65. The van der Waals surface area contributed by atoms with Gasteiger partial charge in [0.1, 0.15) is 0 Å². The minimum absolute atomic E-state index is 0. The van der Waals surface area contributed by atoms with Crippen molar-refractivity contribution >= 4 is 30.7 Å². The van der Waals surface area contributed by atoms with E-state index in [2.05, 4.69) is 20.7 Å². The molecule has 2 N–H and O–H groups in total. The van der Waals surface area contributed by atoms with Gasteiger partial charge in [-0.25, -0.2) is 9.67 Å². The summed E-state index contributed by atoms with van der Waals surface area (Å²) in [5.41, 5.74) is 1.01. The number of rotatable bonds is 7. The molecule has 0 aliphatic carbocycles. The molecular formula is C14H21Cl2N5O. The Morgan fingerprint density at radius 2 is 2.14 bits per heavy atom. The number of nitrogens with one attached hydrogen (secondary N) is 2. The van der Waals surface area contributed by atoms with E-state index in [1.54, 1.807) is 17.1 Å². The minimum Gasteiger partial charge on any atom is -0.352 e. The Labute approximate surface area is 142 Å². The molecule has 2 aromatic heterocycles. The monoisotopic (exact) mass is 345 g/mol. The zero-order valence-electron chi connectivity index (χ0n) is 12.4. The van der Waals surface area contributed by atoms with Crippen LogP contribution in [0.2, 0.25) is 0 Å². The van der Waals surface area contributed by atoms with Crippen LogP contribution in [0.5, 0.6) is 0 Å². The first-order valence-corrected chi connectivity index (χ1v) is 6.66. The van der Waals surface area contributed by atoms with Crippen LogP contribution in [-0.2, 0) is 11.3 Å². The predicted octanol–water partition coefficient (Wildman–Crippen LogP) is 1.73. The number of nitrogens with zero attached hydrogens (tertiary/aromatic N) is 3. The number of amides is 1. The van der Waals surface area contributed by atoms with Gasteiger partial charge in [-0.2, -0.15) is 5.10 Å². The molecule has 6 nitrogen and oxygen atoms in total. The third-order valence-electron chi connectivity index (χ3n) is 2.87. The van der Waals surface area contributed by atoms with Gasteiger partial charge in [0.25, 0.3) is 0 Å². The summed E-state index contributed by atoms with van der Waals surface area (Å²) in [5, 5.41) is 10.1. The molecule has 0 atom stereocenters. The molecule has 0 bridgehead atoms. The van der Waals surface area contributed by atoms with Gasteiger partial charge in [-0.05, 0) is 43.8 Å². The first-order valence-electron chi connectivity index (χ1n) is 6.66. The smallest absolute Gasteiger partial charge is 0.220 e. The van der Waals surface area contributed by atoms with Crippen LogP contribution in [0.4, 0.5) is 0 Å². The Hall–Kier alpha value is -1.63. The average molecular weight is 346 g/mol.